The first-order chi connectivity index (χ1) is 23.8. The minimum absolute atomic E-state index is 0.0943. The number of anilines is 1. The average Bonchev–Trinajstić information content (AvgIpc) is 3.88. The lowest BCUT2D eigenvalue weighted by Crippen LogP contribution is -2.31. The average molecular weight is 700 g/mol. The number of rotatable bonds is 13. The number of hydrogen-bond donors (Lipinski definition) is 5. The number of carbonyl (C=O) groups excluding carboxylic acids is 1. The summed E-state index contributed by atoms with van der Waals surface area (Å²) in [5.74, 6) is 0.325. The Morgan fingerprint density at radius 2 is 1.96 bits per heavy atom. The van der Waals surface area contributed by atoms with Crippen molar-refractivity contribution in [1.82, 2.24) is 20.8 Å². The Morgan fingerprint density at radius 3 is 2.73 bits per heavy atom. The van der Waals surface area contributed by atoms with Crippen LogP contribution in [0.2, 0.25) is 0 Å². The molecule has 49 heavy (non-hydrogen) atoms. The van der Waals surface area contributed by atoms with Gasteiger partial charge >= 0.3 is 0 Å². The topological polar surface area (TPSA) is 142 Å². The standard InChI is InChI=1S/C36H38N6O5S2/c1-22-28(33(30-18-37-21-39-30)24-10-8-12-26(17-24)42-49(4)44)20-48-34(22)32-19-38-36(47-32)40-29(27-13-5-6-14-31(27)45-2)16-23-9-7-11-25(15-23)35(43)41-46-3/h5-15,17-18,20-21,29,32-33,42,44H,16,19H2,1-4H3,(H2-,37,38,39,40,41,43)/p+1. The minimum atomic E-state index is -0.940. The van der Waals surface area contributed by atoms with E-state index in [1.807, 2.05) is 60.8 Å². The van der Waals surface area contributed by atoms with E-state index in [9.17, 15) is 9.35 Å². The van der Waals surface area contributed by atoms with E-state index in [1.54, 1.807) is 37.1 Å². The fourth-order valence-electron chi connectivity index (χ4n) is 6.11. The molecule has 4 atom stereocenters. The highest BCUT2D eigenvalue weighted by atomic mass is 32.2. The zero-order valence-electron chi connectivity index (χ0n) is 27.6. The molecule has 0 saturated heterocycles. The van der Waals surface area contributed by atoms with Crippen LogP contribution in [0.1, 0.15) is 66.8 Å². The molecule has 5 aromatic rings. The van der Waals surface area contributed by atoms with Crippen LogP contribution in [0.5, 0.6) is 5.75 Å². The molecule has 13 heteroatoms. The number of imidazole rings is 1. The summed E-state index contributed by atoms with van der Waals surface area (Å²) in [6, 6.07) is 23.6. The van der Waals surface area contributed by atoms with Gasteiger partial charge in [0.2, 0.25) is 0 Å². The fourth-order valence-corrected chi connectivity index (χ4v) is 7.72. The Bertz CT molecular complexity index is 1910. The molecule has 6 rings (SSSR count). The summed E-state index contributed by atoms with van der Waals surface area (Å²) in [7, 11) is 3.06. The van der Waals surface area contributed by atoms with Crippen LogP contribution >= 0.6 is 11.3 Å². The molecule has 2 aromatic heterocycles. The number of aromatic nitrogens is 2. The second kappa shape index (κ2) is 15.6. The Hall–Kier alpha value is -4.82. The predicted octanol–water partition coefficient (Wildman–Crippen LogP) is 6.31. The van der Waals surface area contributed by atoms with Crippen LogP contribution in [-0.2, 0) is 27.4 Å². The minimum Gasteiger partial charge on any atom is -0.496 e. The first-order valence-electron chi connectivity index (χ1n) is 15.6. The molecule has 1 aliphatic heterocycles. The van der Waals surface area contributed by atoms with Crippen molar-refractivity contribution in [2.45, 2.75) is 31.4 Å². The Labute approximate surface area is 292 Å². The zero-order valence-corrected chi connectivity index (χ0v) is 29.2. The molecule has 0 bridgehead atoms. The lowest BCUT2D eigenvalue weighted by molar-refractivity contribution is 0.0537. The van der Waals surface area contributed by atoms with Crippen LogP contribution in [0, 0.1) is 6.92 Å². The number of hydrogen-bond acceptors (Lipinski definition) is 10. The number of H-pyrrole nitrogens is 1. The van der Waals surface area contributed by atoms with Gasteiger partial charge in [0.25, 0.3) is 23.3 Å². The number of nitrogens with zero attached hydrogens (tertiary/aromatic N) is 2. The Kier molecular flexibility index (Phi) is 10.8. The van der Waals surface area contributed by atoms with Crippen molar-refractivity contribution < 1.29 is 23.7 Å². The van der Waals surface area contributed by atoms with Gasteiger partial charge in [-0.1, -0.05) is 42.5 Å². The van der Waals surface area contributed by atoms with Gasteiger partial charge in [-0.15, -0.1) is 11.3 Å². The smallest absolute Gasteiger partial charge is 0.285 e. The maximum atomic E-state index is 12.4. The van der Waals surface area contributed by atoms with Gasteiger partial charge in [-0.25, -0.2) is 15.5 Å². The Morgan fingerprint density at radius 1 is 1.12 bits per heavy atom. The zero-order chi connectivity index (χ0) is 34.3. The summed E-state index contributed by atoms with van der Waals surface area (Å²) in [6.45, 7) is 2.60. The number of thiophene rings is 1. The van der Waals surface area contributed by atoms with E-state index < -0.39 is 11.4 Å². The molecule has 0 aliphatic carbocycles. The highest BCUT2D eigenvalue weighted by Crippen LogP contribution is 2.41. The number of para-hydroxylation sites is 1. The molecule has 0 fully saturated rings. The van der Waals surface area contributed by atoms with E-state index in [0.29, 0.717) is 24.6 Å². The third kappa shape index (κ3) is 7.92. The number of benzene rings is 3. The normalized spacial score (nSPS) is 15.9. The van der Waals surface area contributed by atoms with Gasteiger partial charge in [0.15, 0.2) is 12.4 Å². The predicted molar refractivity (Wildman–Crippen MR) is 194 cm³/mol. The van der Waals surface area contributed by atoms with Crippen LogP contribution in [-0.4, -0.2) is 53.5 Å². The quantitative estimate of drug-likeness (QED) is 0.0712. The first-order valence-corrected chi connectivity index (χ1v) is 18.1. The number of amidine groups is 1. The molecule has 254 valence electrons. The van der Waals surface area contributed by atoms with E-state index in [0.717, 1.165) is 49.8 Å². The maximum Gasteiger partial charge on any atom is 0.285 e. The second-order valence-electron chi connectivity index (χ2n) is 11.6. The van der Waals surface area contributed by atoms with Crippen LogP contribution in [0.3, 0.4) is 0 Å². The first kappa shape index (κ1) is 34.1. The number of ether oxygens (including phenoxy) is 2. The highest BCUT2D eigenvalue weighted by molar-refractivity contribution is 7.92. The van der Waals surface area contributed by atoms with Crippen molar-refractivity contribution in [1.29, 1.82) is 0 Å². The summed E-state index contributed by atoms with van der Waals surface area (Å²) in [6.07, 6.45) is 5.55. The number of methoxy groups -OCH3 is 1. The van der Waals surface area contributed by atoms with Crippen LogP contribution < -0.4 is 20.3 Å². The van der Waals surface area contributed by atoms with Gasteiger partial charge in [-0.2, -0.15) is 9.27 Å². The van der Waals surface area contributed by atoms with E-state index in [2.05, 4.69) is 49.9 Å². The van der Waals surface area contributed by atoms with Crippen LogP contribution in [0.4, 0.5) is 5.69 Å². The number of hydroxylamine groups is 1. The maximum absolute atomic E-state index is 12.4. The molecule has 1 amide bonds. The van der Waals surface area contributed by atoms with Gasteiger partial charge in [-0.3, -0.25) is 9.63 Å². The van der Waals surface area contributed by atoms with E-state index >= 15 is 0 Å². The third-order valence-corrected chi connectivity index (χ3v) is 10.1. The van der Waals surface area contributed by atoms with Crippen molar-refractivity contribution in [2.75, 3.05) is 31.7 Å². The van der Waals surface area contributed by atoms with Crippen molar-refractivity contribution in [3.63, 3.8) is 0 Å². The number of aromatic amines is 1. The van der Waals surface area contributed by atoms with Gasteiger partial charge in [0.05, 0.1) is 49.6 Å². The summed E-state index contributed by atoms with van der Waals surface area (Å²) < 4.78 is 25.3. The molecule has 0 saturated carbocycles. The molecule has 0 radical (unpaired) electrons. The third-order valence-electron chi connectivity index (χ3n) is 8.33. The summed E-state index contributed by atoms with van der Waals surface area (Å²) in [4.78, 5) is 30.8. The molecule has 5 N–H and O–H groups in total. The molecular formula is C36H39N6O5S2+. The number of aliphatic imine (C=N–C) groups is 1. The summed E-state index contributed by atoms with van der Waals surface area (Å²) in [5.41, 5.74) is 9.93. The number of amides is 1. The van der Waals surface area contributed by atoms with Gasteiger partial charge in [0, 0.05) is 23.0 Å². The molecule has 3 heterocycles. The van der Waals surface area contributed by atoms with Crippen LogP contribution in [0.25, 0.3) is 0 Å². The second-order valence-corrected chi connectivity index (χ2v) is 13.6. The molecule has 3 aromatic carbocycles. The van der Waals surface area contributed by atoms with Gasteiger partial charge in [0.1, 0.15) is 5.75 Å². The Balaban J connectivity index is 1.24. The monoisotopic (exact) mass is 699 g/mol. The van der Waals surface area contributed by atoms with E-state index in [1.165, 1.54) is 7.11 Å². The van der Waals surface area contributed by atoms with Crippen LogP contribution in [0.15, 0.2) is 95.7 Å². The lowest BCUT2D eigenvalue weighted by Gasteiger charge is -2.23. The van der Waals surface area contributed by atoms with E-state index in [4.69, 9.17) is 19.3 Å². The molecule has 0 spiro atoms. The summed E-state index contributed by atoms with van der Waals surface area (Å²) in [5, 5.41) is 5.72. The molecule has 4 unspecified atom stereocenters. The molecular weight excluding hydrogens is 661 g/mol. The van der Waals surface area contributed by atoms with Crippen molar-refractivity contribution in [3.05, 3.63) is 135 Å². The number of carbonyl (C=O) groups is 1. The fraction of sp³-hybridized carbons (Fsp3) is 0.250. The van der Waals surface area contributed by atoms with Gasteiger partial charge < -0.3 is 19.8 Å². The molecule has 11 nitrogen and oxygen atoms in total. The van der Waals surface area contributed by atoms with Gasteiger partial charge in [-0.05, 0) is 71.3 Å². The van der Waals surface area contributed by atoms with Crippen molar-refractivity contribution in [2.24, 2.45) is 4.99 Å². The van der Waals surface area contributed by atoms with Crippen molar-refractivity contribution in [3.8, 4) is 5.75 Å². The largest absolute Gasteiger partial charge is 0.496 e. The SMILES string of the molecule is CONC(=O)c1cccc(CC(NC2=NCC(c3scc(C(c4cccc(N[S+](C)O)c4)c4cnc[nH]4)c3C)O2)c2ccccc2OC)c1. The lowest BCUT2D eigenvalue weighted by atomic mass is 9.87. The van der Waals surface area contributed by atoms with Crippen molar-refractivity contribution >= 4 is 40.3 Å². The van der Waals surface area contributed by atoms with E-state index in [-0.39, 0.29) is 24.0 Å². The molecule has 1 aliphatic rings. The number of nitrogens with one attached hydrogen (secondary N) is 4. The summed E-state index contributed by atoms with van der Waals surface area (Å²) >= 11 is 0.720. The highest BCUT2D eigenvalue weighted by Gasteiger charge is 2.31.